The van der Waals surface area contributed by atoms with Gasteiger partial charge in [-0.25, -0.2) is 0 Å². The van der Waals surface area contributed by atoms with Crippen LogP contribution >= 0.6 is 0 Å². The fourth-order valence-electron chi connectivity index (χ4n) is 3.79. The van der Waals surface area contributed by atoms with E-state index in [-0.39, 0.29) is 18.4 Å². The van der Waals surface area contributed by atoms with Gasteiger partial charge in [-0.15, -0.1) is 0 Å². The number of ether oxygens (including phenoxy) is 2. The summed E-state index contributed by atoms with van der Waals surface area (Å²) in [5.41, 5.74) is 4.85. The first kappa shape index (κ1) is 21.7. The van der Waals surface area contributed by atoms with Gasteiger partial charge in [0.1, 0.15) is 0 Å². The van der Waals surface area contributed by atoms with Crippen molar-refractivity contribution >= 4 is 11.8 Å². The van der Waals surface area contributed by atoms with Crippen LogP contribution in [0.25, 0.3) is 0 Å². The molecular formula is C24H30N2O4. The van der Waals surface area contributed by atoms with Crippen LogP contribution in [0.2, 0.25) is 0 Å². The van der Waals surface area contributed by atoms with Crippen LogP contribution in [0.15, 0.2) is 30.3 Å². The fourth-order valence-corrected chi connectivity index (χ4v) is 3.79. The van der Waals surface area contributed by atoms with Crippen LogP contribution in [0.1, 0.15) is 46.5 Å². The number of amides is 2. The minimum atomic E-state index is -0.229. The van der Waals surface area contributed by atoms with Crippen molar-refractivity contribution in [3.05, 3.63) is 58.1 Å². The predicted molar refractivity (Wildman–Crippen MR) is 116 cm³/mol. The lowest BCUT2D eigenvalue weighted by Gasteiger charge is -2.30. The first-order valence-electron chi connectivity index (χ1n) is 10.5. The minimum Gasteiger partial charge on any atom is -0.490 e. The van der Waals surface area contributed by atoms with Gasteiger partial charge in [-0.1, -0.05) is 17.2 Å². The predicted octanol–water partition coefficient (Wildman–Crippen LogP) is 3.42. The lowest BCUT2D eigenvalue weighted by Crippen LogP contribution is -2.42. The van der Waals surface area contributed by atoms with E-state index in [1.165, 1.54) is 5.56 Å². The highest BCUT2D eigenvalue weighted by Gasteiger charge is 2.23. The third-order valence-corrected chi connectivity index (χ3v) is 5.11. The average Bonchev–Trinajstić information content (AvgIpc) is 2.71. The van der Waals surface area contributed by atoms with Crippen molar-refractivity contribution in [3.8, 4) is 11.5 Å². The van der Waals surface area contributed by atoms with Crippen LogP contribution in [0.4, 0.5) is 0 Å². The summed E-state index contributed by atoms with van der Waals surface area (Å²) in [4.78, 5) is 26.9. The summed E-state index contributed by atoms with van der Waals surface area (Å²) >= 11 is 0. The van der Waals surface area contributed by atoms with Gasteiger partial charge in [0, 0.05) is 18.7 Å². The molecule has 0 spiro atoms. The first-order valence-corrected chi connectivity index (χ1v) is 10.5. The second kappa shape index (κ2) is 9.65. The number of hydrogen-bond donors (Lipinski definition) is 1. The first-order chi connectivity index (χ1) is 14.4. The third kappa shape index (κ3) is 5.12. The van der Waals surface area contributed by atoms with Gasteiger partial charge in [0.05, 0.1) is 19.8 Å². The van der Waals surface area contributed by atoms with Crippen LogP contribution in [0.3, 0.4) is 0 Å². The zero-order valence-electron chi connectivity index (χ0n) is 18.2. The molecule has 0 radical (unpaired) electrons. The van der Waals surface area contributed by atoms with Crippen molar-refractivity contribution in [2.75, 3.05) is 26.3 Å². The second-order valence-corrected chi connectivity index (χ2v) is 7.56. The van der Waals surface area contributed by atoms with E-state index in [1.54, 1.807) is 4.90 Å². The van der Waals surface area contributed by atoms with E-state index in [4.69, 9.17) is 9.47 Å². The summed E-state index contributed by atoms with van der Waals surface area (Å²) in [7, 11) is 0. The molecule has 1 aliphatic heterocycles. The van der Waals surface area contributed by atoms with Gasteiger partial charge in [-0.3, -0.25) is 9.59 Å². The van der Waals surface area contributed by atoms with Crippen molar-refractivity contribution in [2.45, 2.75) is 40.7 Å². The maximum atomic E-state index is 12.7. The molecule has 1 aliphatic rings. The van der Waals surface area contributed by atoms with Gasteiger partial charge in [0.2, 0.25) is 5.91 Å². The van der Waals surface area contributed by atoms with Crippen LogP contribution in [-0.2, 0) is 17.8 Å². The molecule has 0 fully saturated rings. The number of benzene rings is 2. The number of nitrogens with zero attached hydrogens (tertiary/aromatic N) is 1. The lowest BCUT2D eigenvalue weighted by atomic mass is 9.98. The Morgan fingerprint density at radius 3 is 2.13 bits per heavy atom. The number of rotatable bonds is 7. The van der Waals surface area contributed by atoms with E-state index < -0.39 is 0 Å². The SMILES string of the molecule is CCOc1cc2c(cc1OCC)CN(C(=O)CNC(=O)c1cc(C)cc(C)c1)CC2. The molecule has 0 unspecified atom stereocenters. The Kier molecular flexibility index (Phi) is 6.98. The molecule has 0 aromatic heterocycles. The molecule has 2 aromatic carbocycles. The molecule has 2 amide bonds. The Morgan fingerprint density at radius 2 is 1.53 bits per heavy atom. The smallest absolute Gasteiger partial charge is 0.251 e. The lowest BCUT2D eigenvalue weighted by molar-refractivity contribution is -0.131. The number of carbonyl (C=O) groups is 2. The summed E-state index contributed by atoms with van der Waals surface area (Å²) in [6.07, 6.45) is 0.749. The summed E-state index contributed by atoms with van der Waals surface area (Å²) in [5, 5.41) is 2.76. The largest absolute Gasteiger partial charge is 0.490 e. The highest BCUT2D eigenvalue weighted by atomic mass is 16.5. The molecule has 1 heterocycles. The molecule has 0 saturated heterocycles. The van der Waals surface area contributed by atoms with Crippen LogP contribution < -0.4 is 14.8 Å². The van der Waals surface area contributed by atoms with E-state index in [9.17, 15) is 9.59 Å². The quantitative estimate of drug-likeness (QED) is 0.760. The molecule has 160 valence electrons. The van der Waals surface area contributed by atoms with Gasteiger partial charge < -0.3 is 19.7 Å². The molecule has 1 N–H and O–H groups in total. The highest BCUT2D eigenvalue weighted by Crippen LogP contribution is 2.33. The molecular weight excluding hydrogens is 380 g/mol. The molecule has 2 aromatic rings. The Balaban J connectivity index is 1.65. The zero-order valence-corrected chi connectivity index (χ0v) is 18.2. The Hall–Kier alpha value is -3.02. The van der Waals surface area contributed by atoms with Crippen molar-refractivity contribution < 1.29 is 19.1 Å². The minimum absolute atomic E-state index is 0.0174. The fraction of sp³-hybridized carbons (Fsp3) is 0.417. The number of fused-ring (bicyclic) bond motifs is 1. The summed E-state index contributed by atoms with van der Waals surface area (Å²) in [5.74, 6) is 1.13. The third-order valence-electron chi connectivity index (χ3n) is 5.11. The maximum Gasteiger partial charge on any atom is 0.251 e. The summed E-state index contributed by atoms with van der Waals surface area (Å²) in [6, 6.07) is 9.66. The summed E-state index contributed by atoms with van der Waals surface area (Å²) < 4.78 is 11.4. The van der Waals surface area contributed by atoms with E-state index in [2.05, 4.69) is 5.32 Å². The number of aryl methyl sites for hydroxylation is 2. The highest BCUT2D eigenvalue weighted by molar-refractivity contribution is 5.96. The van der Waals surface area contributed by atoms with Crippen molar-refractivity contribution in [1.82, 2.24) is 10.2 Å². The van der Waals surface area contributed by atoms with Gasteiger partial charge in [-0.05, 0) is 69.5 Å². The van der Waals surface area contributed by atoms with E-state index in [0.717, 1.165) is 28.9 Å². The van der Waals surface area contributed by atoms with Crippen molar-refractivity contribution in [1.29, 1.82) is 0 Å². The van der Waals surface area contributed by atoms with Gasteiger partial charge in [-0.2, -0.15) is 0 Å². The second-order valence-electron chi connectivity index (χ2n) is 7.56. The summed E-state index contributed by atoms with van der Waals surface area (Å²) in [6.45, 7) is 10.0. The van der Waals surface area contributed by atoms with Gasteiger partial charge in [0.25, 0.3) is 5.91 Å². The molecule has 0 saturated carbocycles. The standard InChI is InChI=1S/C24H30N2O4/c1-5-29-21-12-18-7-8-26(15-20(18)13-22(21)30-6-2)23(27)14-25-24(28)19-10-16(3)9-17(4)11-19/h9-13H,5-8,14-15H2,1-4H3,(H,25,28). The number of hydrogen-bond acceptors (Lipinski definition) is 4. The number of carbonyl (C=O) groups excluding carboxylic acids is 2. The normalized spacial score (nSPS) is 12.9. The maximum absolute atomic E-state index is 12.7. The van der Waals surface area contributed by atoms with Crippen LogP contribution in [0, 0.1) is 13.8 Å². The average molecular weight is 411 g/mol. The Bertz CT molecular complexity index is 919. The van der Waals surface area contributed by atoms with E-state index >= 15 is 0 Å². The zero-order chi connectivity index (χ0) is 21.7. The Labute approximate surface area is 178 Å². The Morgan fingerprint density at radius 1 is 0.933 bits per heavy atom. The van der Waals surface area contributed by atoms with Crippen molar-refractivity contribution in [2.24, 2.45) is 0 Å². The molecule has 30 heavy (non-hydrogen) atoms. The molecule has 0 aliphatic carbocycles. The van der Waals surface area contributed by atoms with E-state index in [1.807, 2.05) is 58.0 Å². The van der Waals surface area contributed by atoms with Gasteiger partial charge in [0.15, 0.2) is 11.5 Å². The van der Waals surface area contributed by atoms with Crippen LogP contribution in [-0.4, -0.2) is 43.0 Å². The monoisotopic (exact) mass is 410 g/mol. The van der Waals surface area contributed by atoms with Crippen molar-refractivity contribution in [3.63, 3.8) is 0 Å². The molecule has 3 rings (SSSR count). The van der Waals surface area contributed by atoms with E-state index in [0.29, 0.717) is 37.6 Å². The molecule has 0 bridgehead atoms. The van der Waals surface area contributed by atoms with Gasteiger partial charge >= 0.3 is 0 Å². The molecule has 6 nitrogen and oxygen atoms in total. The topological polar surface area (TPSA) is 67.9 Å². The number of nitrogens with one attached hydrogen (secondary N) is 1. The molecule has 0 atom stereocenters. The molecule has 6 heteroatoms. The van der Waals surface area contributed by atoms with Crippen LogP contribution in [0.5, 0.6) is 11.5 Å².